The number of amides is 1. The van der Waals surface area contributed by atoms with Crippen LogP contribution in [0.4, 0.5) is 10.1 Å². The van der Waals surface area contributed by atoms with Gasteiger partial charge in [0.15, 0.2) is 9.84 Å². The third-order valence-electron chi connectivity index (χ3n) is 3.18. The van der Waals surface area contributed by atoms with E-state index < -0.39 is 31.7 Å². The Morgan fingerprint density at radius 1 is 1.38 bits per heavy atom. The Kier molecular flexibility index (Phi) is 6.14. The van der Waals surface area contributed by atoms with Crippen molar-refractivity contribution in [3.63, 3.8) is 0 Å². The van der Waals surface area contributed by atoms with Crippen molar-refractivity contribution in [1.29, 1.82) is 0 Å². The van der Waals surface area contributed by atoms with Crippen LogP contribution in [0.3, 0.4) is 0 Å². The molecule has 3 N–H and O–H groups in total. The lowest BCUT2D eigenvalue weighted by Crippen LogP contribution is -2.38. The quantitative estimate of drug-likeness (QED) is 0.594. The molecular weight excluding hydrogens is 295 g/mol. The second-order valence-corrected chi connectivity index (χ2v) is 7.11. The Bertz CT molecular complexity index is 602. The first kappa shape index (κ1) is 17.4. The van der Waals surface area contributed by atoms with E-state index in [4.69, 9.17) is 5.73 Å². The Morgan fingerprint density at radius 2 is 2.05 bits per heavy atom. The zero-order valence-electron chi connectivity index (χ0n) is 12.2. The summed E-state index contributed by atoms with van der Waals surface area (Å²) in [5.74, 6) is -1.57. The van der Waals surface area contributed by atoms with Crippen LogP contribution in [0.25, 0.3) is 0 Å². The average molecular weight is 316 g/mol. The van der Waals surface area contributed by atoms with E-state index in [1.54, 1.807) is 0 Å². The number of carbonyl (C=O) groups is 1. The van der Waals surface area contributed by atoms with Crippen molar-refractivity contribution in [3.8, 4) is 0 Å². The smallest absolute Gasteiger partial charge is 0.238 e. The molecule has 0 aromatic heterocycles. The summed E-state index contributed by atoms with van der Waals surface area (Å²) in [7, 11) is -4.07. The molecule has 1 aromatic rings. The standard InChI is InChI=1S/C14H21FN2O3S/c1-3-4-5-8-17-14(18)10(2)21(19,20)13-7-6-11(16)9-12(13)15/h6-7,9-10H,3-5,8,16H2,1-2H3,(H,17,18). The highest BCUT2D eigenvalue weighted by atomic mass is 32.2. The molecule has 0 saturated heterocycles. The summed E-state index contributed by atoms with van der Waals surface area (Å²) in [6, 6.07) is 3.31. The molecular formula is C14H21FN2O3S. The monoisotopic (exact) mass is 316 g/mol. The minimum absolute atomic E-state index is 0.128. The summed E-state index contributed by atoms with van der Waals surface area (Å²) < 4.78 is 38.2. The molecule has 0 bridgehead atoms. The van der Waals surface area contributed by atoms with E-state index in [9.17, 15) is 17.6 Å². The molecule has 0 aliphatic heterocycles. The molecule has 1 unspecified atom stereocenters. The van der Waals surface area contributed by atoms with E-state index in [1.807, 2.05) is 6.92 Å². The topological polar surface area (TPSA) is 89.3 Å². The number of carbonyl (C=O) groups excluding carboxylic acids is 1. The summed E-state index contributed by atoms with van der Waals surface area (Å²) in [5.41, 5.74) is 5.51. The lowest BCUT2D eigenvalue weighted by atomic mass is 10.2. The molecule has 0 spiro atoms. The van der Waals surface area contributed by atoms with Crippen LogP contribution in [0.2, 0.25) is 0 Å². The van der Waals surface area contributed by atoms with E-state index in [1.165, 1.54) is 13.0 Å². The maximum atomic E-state index is 13.7. The van der Waals surface area contributed by atoms with Crippen LogP contribution in [0.1, 0.15) is 33.1 Å². The minimum Gasteiger partial charge on any atom is -0.399 e. The van der Waals surface area contributed by atoms with Crippen LogP contribution in [0, 0.1) is 5.82 Å². The molecule has 0 aliphatic rings. The predicted octanol–water partition coefficient (Wildman–Crippen LogP) is 1.88. The average Bonchev–Trinajstić information content (AvgIpc) is 2.42. The number of hydrogen-bond donors (Lipinski definition) is 2. The van der Waals surface area contributed by atoms with Crippen LogP contribution in [0.15, 0.2) is 23.1 Å². The zero-order chi connectivity index (χ0) is 16.0. The molecule has 0 saturated carbocycles. The van der Waals surface area contributed by atoms with Gasteiger partial charge >= 0.3 is 0 Å². The maximum absolute atomic E-state index is 13.7. The van der Waals surface area contributed by atoms with Crippen molar-refractivity contribution in [3.05, 3.63) is 24.0 Å². The fraction of sp³-hybridized carbons (Fsp3) is 0.500. The van der Waals surface area contributed by atoms with Crippen molar-refractivity contribution < 1.29 is 17.6 Å². The molecule has 0 fully saturated rings. The summed E-state index contributed by atoms with van der Waals surface area (Å²) in [5, 5.41) is 1.21. The highest BCUT2D eigenvalue weighted by molar-refractivity contribution is 7.92. The predicted molar refractivity (Wildman–Crippen MR) is 80.0 cm³/mol. The molecule has 1 rings (SSSR count). The Balaban J connectivity index is 2.84. The summed E-state index contributed by atoms with van der Waals surface area (Å²) in [6.07, 6.45) is 2.74. The normalized spacial score (nSPS) is 12.9. The number of nitrogens with two attached hydrogens (primary N) is 1. The number of hydrogen-bond acceptors (Lipinski definition) is 4. The van der Waals surface area contributed by atoms with Crippen molar-refractivity contribution in [2.45, 2.75) is 43.3 Å². The van der Waals surface area contributed by atoms with Gasteiger partial charge in [-0.15, -0.1) is 0 Å². The van der Waals surface area contributed by atoms with Crippen molar-refractivity contribution >= 4 is 21.4 Å². The van der Waals surface area contributed by atoms with Gasteiger partial charge in [0.25, 0.3) is 0 Å². The summed E-state index contributed by atoms with van der Waals surface area (Å²) in [6.45, 7) is 3.69. The van der Waals surface area contributed by atoms with Gasteiger partial charge in [-0.1, -0.05) is 19.8 Å². The number of nitrogen functional groups attached to an aromatic ring is 1. The first-order valence-corrected chi connectivity index (χ1v) is 8.42. The summed E-state index contributed by atoms with van der Waals surface area (Å²) >= 11 is 0. The fourth-order valence-electron chi connectivity index (χ4n) is 1.81. The molecule has 0 radical (unpaired) electrons. The molecule has 118 valence electrons. The largest absolute Gasteiger partial charge is 0.399 e. The molecule has 0 aliphatic carbocycles. The van der Waals surface area contributed by atoms with Gasteiger partial charge in [0.1, 0.15) is 16.0 Å². The first-order chi connectivity index (χ1) is 9.80. The number of unbranched alkanes of at least 4 members (excludes halogenated alkanes) is 2. The first-order valence-electron chi connectivity index (χ1n) is 6.87. The Morgan fingerprint density at radius 3 is 2.62 bits per heavy atom. The SMILES string of the molecule is CCCCCNC(=O)C(C)S(=O)(=O)c1ccc(N)cc1F. The molecule has 0 heterocycles. The van der Waals surface area contributed by atoms with Crippen LogP contribution >= 0.6 is 0 Å². The van der Waals surface area contributed by atoms with Gasteiger partial charge < -0.3 is 11.1 Å². The van der Waals surface area contributed by atoms with E-state index in [-0.39, 0.29) is 5.69 Å². The van der Waals surface area contributed by atoms with Gasteiger partial charge in [-0.3, -0.25) is 4.79 Å². The van der Waals surface area contributed by atoms with Gasteiger partial charge in [0, 0.05) is 12.2 Å². The lowest BCUT2D eigenvalue weighted by Gasteiger charge is -2.14. The number of rotatable bonds is 7. The van der Waals surface area contributed by atoms with E-state index in [2.05, 4.69) is 5.32 Å². The van der Waals surface area contributed by atoms with Crippen molar-refractivity contribution in [2.75, 3.05) is 12.3 Å². The lowest BCUT2D eigenvalue weighted by molar-refractivity contribution is -0.120. The molecule has 7 heteroatoms. The van der Waals surface area contributed by atoms with E-state index >= 15 is 0 Å². The Hall–Kier alpha value is -1.63. The molecule has 1 aromatic carbocycles. The molecule has 5 nitrogen and oxygen atoms in total. The third-order valence-corrected chi connectivity index (χ3v) is 5.27. The molecule has 21 heavy (non-hydrogen) atoms. The van der Waals surface area contributed by atoms with Gasteiger partial charge in [0.2, 0.25) is 5.91 Å². The van der Waals surface area contributed by atoms with E-state index in [0.717, 1.165) is 31.4 Å². The number of sulfone groups is 1. The Labute approximate surface area is 124 Å². The minimum atomic E-state index is -4.07. The summed E-state index contributed by atoms with van der Waals surface area (Å²) in [4.78, 5) is 11.4. The maximum Gasteiger partial charge on any atom is 0.238 e. The van der Waals surface area contributed by atoms with Crippen LogP contribution in [-0.4, -0.2) is 26.1 Å². The second-order valence-electron chi connectivity index (χ2n) is 4.88. The highest BCUT2D eigenvalue weighted by Gasteiger charge is 2.31. The van der Waals surface area contributed by atoms with Gasteiger partial charge in [-0.05, 0) is 31.5 Å². The van der Waals surface area contributed by atoms with Gasteiger partial charge in [-0.2, -0.15) is 0 Å². The van der Waals surface area contributed by atoms with Crippen LogP contribution in [0.5, 0.6) is 0 Å². The van der Waals surface area contributed by atoms with Crippen LogP contribution in [-0.2, 0) is 14.6 Å². The molecule has 1 atom stereocenters. The van der Waals surface area contributed by atoms with Gasteiger partial charge in [-0.25, -0.2) is 12.8 Å². The number of halogens is 1. The van der Waals surface area contributed by atoms with E-state index in [0.29, 0.717) is 6.54 Å². The number of nitrogens with one attached hydrogen (secondary N) is 1. The van der Waals surface area contributed by atoms with Gasteiger partial charge in [0.05, 0.1) is 0 Å². The zero-order valence-corrected chi connectivity index (χ0v) is 13.0. The van der Waals surface area contributed by atoms with Crippen LogP contribution < -0.4 is 11.1 Å². The molecule has 1 amide bonds. The highest BCUT2D eigenvalue weighted by Crippen LogP contribution is 2.21. The number of anilines is 1. The van der Waals surface area contributed by atoms with Crippen molar-refractivity contribution in [2.24, 2.45) is 0 Å². The third kappa shape index (κ3) is 4.42. The van der Waals surface area contributed by atoms with Crippen molar-refractivity contribution in [1.82, 2.24) is 5.32 Å². The number of benzene rings is 1. The fourth-order valence-corrected chi connectivity index (χ4v) is 3.14. The second kappa shape index (κ2) is 7.40.